The van der Waals surface area contributed by atoms with Gasteiger partial charge in [-0.05, 0) is 18.9 Å². The van der Waals surface area contributed by atoms with Crippen molar-refractivity contribution in [1.29, 1.82) is 0 Å². The molecule has 0 fully saturated rings. The molecule has 0 spiro atoms. The first-order chi connectivity index (χ1) is 8.56. The van der Waals surface area contributed by atoms with Crippen LogP contribution < -0.4 is 5.73 Å². The number of nitrogens with two attached hydrogens (primary N) is 1. The predicted octanol–water partition coefficient (Wildman–Crippen LogP) is 1.14. The van der Waals surface area contributed by atoms with Crippen LogP contribution in [0.25, 0.3) is 0 Å². The summed E-state index contributed by atoms with van der Waals surface area (Å²) in [7, 11) is 0. The number of benzene rings is 1. The number of ether oxygens (including phenoxy) is 1. The van der Waals surface area contributed by atoms with Gasteiger partial charge in [0.05, 0.1) is 12.5 Å². The van der Waals surface area contributed by atoms with Crippen LogP contribution in [0.3, 0.4) is 0 Å². The summed E-state index contributed by atoms with van der Waals surface area (Å²) >= 11 is 0. The van der Waals surface area contributed by atoms with E-state index in [0.29, 0.717) is 5.56 Å². The summed E-state index contributed by atoms with van der Waals surface area (Å²) in [4.78, 5) is 22.6. The van der Waals surface area contributed by atoms with Crippen molar-refractivity contribution in [2.75, 3.05) is 6.61 Å². The van der Waals surface area contributed by atoms with E-state index in [4.69, 9.17) is 10.5 Å². The number of carbonyl (C=O) groups excluding carboxylic acids is 1. The van der Waals surface area contributed by atoms with Gasteiger partial charge in [0, 0.05) is 0 Å². The van der Waals surface area contributed by atoms with Crippen molar-refractivity contribution in [3.05, 3.63) is 35.9 Å². The smallest absolute Gasteiger partial charge is 0.322 e. The molecule has 1 aromatic rings. The lowest BCUT2D eigenvalue weighted by molar-refractivity contribution is -0.145. The molecule has 1 rings (SSSR count). The zero-order valence-corrected chi connectivity index (χ0v) is 10.2. The molecule has 2 unspecified atom stereocenters. The second-order valence-corrected chi connectivity index (χ2v) is 3.90. The number of hydrogen-bond donors (Lipinski definition) is 2. The van der Waals surface area contributed by atoms with Crippen LogP contribution in [0.2, 0.25) is 0 Å². The molecule has 0 radical (unpaired) electrons. The first-order valence-electron chi connectivity index (χ1n) is 5.76. The highest BCUT2D eigenvalue weighted by Gasteiger charge is 2.26. The lowest BCUT2D eigenvalue weighted by Gasteiger charge is -2.16. The van der Waals surface area contributed by atoms with Crippen LogP contribution >= 0.6 is 0 Å². The van der Waals surface area contributed by atoms with E-state index in [-0.39, 0.29) is 13.0 Å². The molecule has 2 atom stereocenters. The lowest BCUT2D eigenvalue weighted by atomic mass is 9.92. The summed E-state index contributed by atoms with van der Waals surface area (Å²) in [6, 6.07) is 7.79. The minimum absolute atomic E-state index is 0.0260. The third-order valence-corrected chi connectivity index (χ3v) is 2.58. The Hall–Kier alpha value is -1.88. The average Bonchev–Trinajstić information content (AvgIpc) is 2.36. The first-order valence-corrected chi connectivity index (χ1v) is 5.76. The molecule has 0 aromatic heterocycles. The zero-order valence-electron chi connectivity index (χ0n) is 10.2. The molecular formula is C13H17NO4. The molecule has 0 aliphatic heterocycles. The summed E-state index contributed by atoms with van der Waals surface area (Å²) in [6.07, 6.45) is 0.0260. The van der Waals surface area contributed by atoms with Crippen molar-refractivity contribution < 1.29 is 19.4 Å². The molecule has 18 heavy (non-hydrogen) atoms. The van der Waals surface area contributed by atoms with Crippen LogP contribution in [-0.2, 0) is 14.3 Å². The first kappa shape index (κ1) is 14.2. The zero-order chi connectivity index (χ0) is 13.5. The van der Waals surface area contributed by atoms with Crippen molar-refractivity contribution in [2.24, 2.45) is 5.73 Å². The SMILES string of the molecule is CCOC(=O)C(N)CC(C(=O)O)c1ccccc1. The third kappa shape index (κ3) is 3.85. The minimum atomic E-state index is -0.999. The molecule has 98 valence electrons. The molecule has 0 heterocycles. The highest BCUT2D eigenvalue weighted by Crippen LogP contribution is 2.21. The largest absolute Gasteiger partial charge is 0.481 e. The van der Waals surface area contributed by atoms with Gasteiger partial charge in [-0.15, -0.1) is 0 Å². The van der Waals surface area contributed by atoms with Gasteiger partial charge in [-0.3, -0.25) is 9.59 Å². The highest BCUT2D eigenvalue weighted by atomic mass is 16.5. The van der Waals surface area contributed by atoms with Crippen LogP contribution in [0.1, 0.15) is 24.8 Å². The number of carbonyl (C=O) groups is 2. The van der Waals surface area contributed by atoms with Gasteiger partial charge in [0.2, 0.25) is 0 Å². The van der Waals surface area contributed by atoms with E-state index < -0.39 is 23.9 Å². The van der Waals surface area contributed by atoms with Crippen molar-refractivity contribution in [1.82, 2.24) is 0 Å². The number of carboxylic acids is 1. The standard InChI is InChI=1S/C13H17NO4/c1-2-18-13(17)11(14)8-10(12(15)16)9-6-4-3-5-7-9/h3-7,10-11H,2,8,14H2,1H3,(H,15,16). The van der Waals surface area contributed by atoms with Crippen LogP contribution in [0, 0.1) is 0 Å². The van der Waals surface area contributed by atoms with Crippen molar-refractivity contribution in [2.45, 2.75) is 25.3 Å². The van der Waals surface area contributed by atoms with Gasteiger partial charge in [-0.25, -0.2) is 0 Å². The summed E-state index contributed by atoms with van der Waals surface area (Å²) in [5, 5.41) is 9.18. The fourth-order valence-electron chi connectivity index (χ4n) is 1.66. The molecule has 3 N–H and O–H groups in total. The third-order valence-electron chi connectivity index (χ3n) is 2.58. The monoisotopic (exact) mass is 251 g/mol. The maximum atomic E-state index is 11.4. The Labute approximate surface area is 106 Å². The number of carboxylic acid groups (broad SMARTS) is 1. The van der Waals surface area contributed by atoms with Gasteiger partial charge in [0.15, 0.2) is 0 Å². The second kappa shape index (κ2) is 6.76. The number of rotatable bonds is 6. The summed E-state index contributed by atoms with van der Waals surface area (Å²) < 4.78 is 4.76. The van der Waals surface area contributed by atoms with Crippen LogP contribution in [-0.4, -0.2) is 29.7 Å². The van der Waals surface area contributed by atoms with Crippen LogP contribution in [0.4, 0.5) is 0 Å². The molecule has 0 aliphatic rings. The number of aliphatic carboxylic acids is 1. The van der Waals surface area contributed by atoms with E-state index in [9.17, 15) is 14.7 Å². The van der Waals surface area contributed by atoms with Crippen molar-refractivity contribution >= 4 is 11.9 Å². The Morgan fingerprint density at radius 1 is 1.33 bits per heavy atom. The quantitative estimate of drug-likeness (QED) is 0.740. The van der Waals surface area contributed by atoms with E-state index in [1.165, 1.54) is 0 Å². The Kier molecular flexibility index (Phi) is 5.32. The van der Waals surface area contributed by atoms with Crippen molar-refractivity contribution in [3.8, 4) is 0 Å². The van der Waals surface area contributed by atoms with Gasteiger partial charge < -0.3 is 15.6 Å². The number of hydrogen-bond acceptors (Lipinski definition) is 4. The predicted molar refractivity (Wildman–Crippen MR) is 66.0 cm³/mol. The molecule has 0 amide bonds. The fourth-order valence-corrected chi connectivity index (χ4v) is 1.66. The van der Waals surface area contributed by atoms with Gasteiger partial charge in [0.1, 0.15) is 6.04 Å². The van der Waals surface area contributed by atoms with E-state index in [0.717, 1.165) is 0 Å². The Bertz CT molecular complexity index is 405. The number of esters is 1. The second-order valence-electron chi connectivity index (χ2n) is 3.90. The Morgan fingerprint density at radius 3 is 2.44 bits per heavy atom. The van der Waals surface area contributed by atoms with E-state index in [2.05, 4.69) is 0 Å². The van der Waals surface area contributed by atoms with Crippen LogP contribution in [0.5, 0.6) is 0 Å². The molecule has 0 saturated heterocycles. The highest BCUT2D eigenvalue weighted by molar-refractivity contribution is 5.80. The molecule has 1 aromatic carbocycles. The summed E-state index contributed by atoms with van der Waals surface area (Å²) in [6.45, 7) is 1.91. The summed E-state index contributed by atoms with van der Waals surface area (Å²) in [5.74, 6) is -2.37. The maximum absolute atomic E-state index is 11.4. The molecule has 5 heteroatoms. The van der Waals surface area contributed by atoms with Gasteiger partial charge in [-0.2, -0.15) is 0 Å². The average molecular weight is 251 g/mol. The lowest BCUT2D eigenvalue weighted by Crippen LogP contribution is -2.35. The van der Waals surface area contributed by atoms with E-state index >= 15 is 0 Å². The van der Waals surface area contributed by atoms with E-state index in [1.54, 1.807) is 37.3 Å². The molecular weight excluding hydrogens is 234 g/mol. The van der Waals surface area contributed by atoms with E-state index in [1.807, 2.05) is 0 Å². The van der Waals surface area contributed by atoms with Crippen LogP contribution in [0.15, 0.2) is 30.3 Å². The van der Waals surface area contributed by atoms with Gasteiger partial charge >= 0.3 is 11.9 Å². The fraction of sp³-hybridized carbons (Fsp3) is 0.385. The normalized spacial score (nSPS) is 13.7. The summed E-state index contributed by atoms with van der Waals surface area (Å²) in [5.41, 5.74) is 6.27. The topological polar surface area (TPSA) is 89.6 Å². The Balaban J connectivity index is 2.76. The molecule has 0 aliphatic carbocycles. The van der Waals surface area contributed by atoms with Crippen molar-refractivity contribution in [3.63, 3.8) is 0 Å². The minimum Gasteiger partial charge on any atom is -0.481 e. The molecule has 0 saturated carbocycles. The molecule has 5 nitrogen and oxygen atoms in total. The van der Waals surface area contributed by atoms with Gasteiger partial charge in [-0.1, -0.05) is 30.3 Å². The maximum Gasteiger partial charge on any atom is 0.322 e. The Morgan fingerprint density at radius 2 is 1.94 bits per heavy atom. The van der Waals surface area contributed by atoms with Gasteiger partial charge in [0.25, 0.3) is 0 Å². The molecule has 0 bridgehead atoms.